The van der Waals surface area contributed by atoms with Crippen LogP contribution in [0.4, 0.5) is 4.79 Å². The van der Waals surface area contributed by atoms with Gasteiger partial charge in [-0.2, -0.15) is 0 Å². The minimum atomic E-state index is -0.187. The highest BCUT2D eigenvalue weighted by Gasteiger charge is 2.38. The first kappa shape index (κ1) is 22.6. The molecule has 1 aromatic carbocycles. The molecule has 0 aliphatic carbocycles. The zero-order valence-electron chi connectivity index (χ0n) is 18.9. The molecule has 166 valence electrons. The van der Waals surface area contributed by atoms with Crippen LogP contribution in [0, 0.1) is 0 Å². The van der Waals surface area contributed by atoms with E-state index in [1.54, 1.807) is 6.92 Å². The Morgan fingerprint density at radius 1 is 1.07 bits per heavy atom. The fourth-order valence-corrected chi connectivity index (χ4v) is 5.24. The number of carbonyl (C=O) groups is 2. The average molecular weight is 416 g/mol. The van der Waals surface area contributed by atoms with Crippen molar-refractivity contribution in [1.82, 2.24) is 14.7 Å². The molecule has 3 rings (SSSR count). The minimum absolute atomic E-state index is 0.155. The van der Waals surface area contributed by atoms with Crippen molar-refractivity contribution in [1.29, 1.82) is 0 Å². The van der Waals surface area contributed by atoms with Crippen LogP contribution < -0.4 is 0 Å². The van der Waals surface area contributed by atoms with Gasteiger partial charge in [0.05, 0.1) is 6.61 Å². The van der Waals surface area contributed by atoms with Gasteiger partial charge in [-0.25, -0.2) is 4.79 Å². The first-order valence-electron chi connectivity index (χ1n) is 11.4. The van der Waals surface area contributed by atoms with E-state index >= 15 is 0 Å². The summed E-state index contributed by atoms with van der Waals surface area (Å²) in [6.45, 7) is 10.9. The minimum Gasteiger partial charge on any atom is -0.450 e. The van der Waals surface area contributed by atoms with Crippen LogP contribution in [0.2, 0.25) is 0 Å². The van der Waals surface area contributed by atoms with Crippen molar-refractivity contribution in [2.75, 3.05) is 19.7 Å². The van der Waals surface area contributed by atoms with E-state index in [4.69, 9.17) is 4.74 Å². The number of hydrogen-bond donors (Lipinski definition) is 0. The molecule has 0 saturated carbocycles. The van der Waals surface area contributed by atoms with E-state index in [0.717, 1.165) is 38.8 Å². The van der Waals surface area contributed by atoms with Gasteiger partial charge < -0.3 is 19.4 Å². The Labute approximate surface area is 181 Å². The second kappa shape index (κ2) is 10.3. The molecule has 2 atom stereocenters. The summed E-state index contributed by atoms with van der Waals surface area (Å²) in [7, 11) is 0. The van der Waals surface area contributed by atoms with Gasteiger partial charge >= 0.3 is 6.09 Å². The van der Waals surface area contributed by atoms with E-state index < -0.39 is 0 Å². The van der Waals surface area contributed by atoms with Gasteiger partial charge in [-0.05, 0) is 52.0 Å². The summed E-state index contributed by atoms with van der Waals surface area (Å²) in [6.07, 6.45) is 3.79. The molecule has 0 spiro atoms. The summed E-state index contributed by atoms with van der Waals surface area (Å²) in [5, 5.41) is 0. The molecule has 1 aromatic rings. The number of benzene rings is 1. The summed E-state index contributed by atoms with van der Waals surface area (Å²) < 4.78 is 5.25. The third-order valence-electron chi connectivity index (χ3n) is 6.71. The van der Waals surface area contributed by atoms with Crippen LogP contribution in [0.5, 0.6) is 0 Å². The van der Waals surface area contributed by atoms with Gasteiger partial charge in [0, 0.05) is 50.7 Å². The van der Waals surface area contributed by atoms with Gasteiger partial charge in [0.1, 0.15) is 0 Å². The molecule has 6 heteroatoms. The highest BCUT2D eigenvalue weighted by molar-refractivity contribution is 5.73. The fraction of sp³-hybridized carbons (Fsp3) is 0.667. The molecule has 2 saturated heterocycles. The zero-order valence-corrected chi connectivity index (χ0v) is 18.9. The van der Waals surface area contributed by atoms with Crippen molar-refractivity contribution >= 4 is 12.0 Å². The summed E-state index contributed by atoms with van der Waals surface area (Å²) in [6, 6.07) is 11.4. The molecule has 6 nitrogen and oxygen atoms in total. The standard InChI is InChI=1S/C24H37N3O3/c1-5-30-24(29)27-18(2)15-23(16-19(27)3)25-13-11-22(12-14-25)26(20(4)28)17-21-9-7-6-8-10-21/h6-10,18-19,22-23H,5,11-17H2,1-4H3. The SMILES string of the molecule is CCOC(=O)N1C(C)CC(N2CCC(N(Cc3ccccc3)C(C)=O)CC2)CC1C. The normalized spacial score (nSPS) is 25.7. The first-order chi connectivity index (χ1) is 14.4. The van der Waals surface area contributed by atoms with Crippen LogP contribution in [-0.4, -0.2) is 70.6 Å². The summed E-state index contributed by atoms with van der Waals surface area (Å²) in [5.41, 5.74) is 1.18. The van der Waals surface area contributed by atoms with Crippen molar-refractivity contribution in [3.05, 3.63) is 35.9 Å². The second-order valence-electron chi connectivity index (χ2n) is 8.83. The monoisotopic (exact) mass is 415 g/mol. The van der Waals surface area contributed by atoms with Crippen LogP contribution in [0.1, 0.15) is 58.9 Å². The molecule has 2 aliphatic heterocycles. The zero-order chi connectivity index (χ0) is 21.7. The first-order valence-corrected chi connectivity index (χ1v) is 11.4. The van der Waals surface area contributed by atoms with E-state index in [1.807, 2.05) is 34.9 Å². The Hall–Kier alpha value is -2.08. The Balaban J connectivity index is 1.56. The van der Waals surface area contributed by atoms with Gasteiger partial charge in [-0.3, -0.25) is 4.79 Å². The Morgan fingerprint density at radius 2 is 1.67 bits per heavy atom. The third-order valence-corrected chi connectivity index (χ3v) is 6.71. The fourth-order valence-electron chi connectivity index (χ4n) is 5.24. The molecule has 2 amide bonds. The van der Waals surface area contributed by atoms with E-state index in [0.29, 0.717) is 25.2 Å². The molecule has 2 fully saturated rings. The molecule has 0 aromatic heterocycles. The molecular weight excluding hydrogens is 378 g/mol. The molecular formula is C24H37N3O3. The van der Waals surface area contributed by atoms with Crippen molar-refractivity contribution in [3.63, 3.8) is 0 Å². The lowest BCUT2D eigenvalue weighted by Gasteiger charge is -2.48. The predicted octanol–water partition coefficient (Wildman–Crippen LogP) is 3.90. The quantitative estimate of drug-likeness (QED) is 0.732. The van der Waals surface area contributed by atoms with Crippen molar-refractivity contribution in [2.45, 2.75) is 84.1 Å². The van der Waals surface area contributed by atoms with Crippen molar-refractivity contribution in [2.24, 2.45) is 0 Å². The Bertz CT molecular complexity index is 691. The molecule has 0 bridgehead atoms. The van der Waals surface area contributed by atoms with E-state index in [9.17, 15) is 9.59 Å². The van der Waals surface area contributed by atoms with Crippen LogP contribution in [0.25, 0.3) is 0 Å². The second-order valence-corrected chi connectivity index (χ2v) is 8.83. The molecule has 2 unspecified atom stereocenters. The molecule has 2 heterocycles. The van der Waals surface area contributed by atoms with Crippen molar-refractivity contribution < 1.29 is 14.3 Å². The molecule has 0 radical (unpaired) electrons. The highest BCUT2D eigenvalue weighted by atomic mass is 16.6. The summed E-state index contributed by atoms with van der Waals surface area (Å²) >= 11 is 0. The lowest BCUT2D eigenvalue weighted by atomic mass is 9.90. The molecule has 30 heavy (non-hydrogen) atoms. The summed E-state index contributed by atoms with van der Waals surface area (Å²) in [5.74, 6) is 0.155. The van der Waals surface area contributed by atoms with E-state index in [1.165, 1.54) is 5.56 Å². The predicted molar refractivity (Wildman–Crippen MR) is 118 cm³/mol. The number of ether oxygens (including phenoxy) is 1. The number of carbonyl (C=O) groups excluding carboxylic acids is 2. The third kappa shape index (κ3) is 5.34. The number of likely N-dealkylation sites (tertiary alicyclic amines) is 2. The Kier molecular flexibility index (Phi) is 7.75. The van der Waals surface area contributed by atoms with Crippen LogP contribution in [0.15, 0.2) is 30.3 Å². The van der Waals surface area contributed by atoms with Crippen LogP contribution in [0.3, 0.4) is 0 Å². The lowest BCUT2D eigenvalue weighted by Crippen LogP contribution is -2.57. The maximum atomic E-state index is 12.3. The maximum Gasteiger partial charge on any atom is 0.410 e. The molecule has 0 N–H and O–H groups in total. The highest BCUT2D eigenvalue weighted by Crippen LogP contribution is 2.30. The number of piperidine rings is 2. The van der Waals surface area contributed by atoms with E-state index in [2.05, 4.69) is 30.9 Å². The molecule has 2 aliphatic rings. The number of hydrogen-bond acceptors (Lipinski definition) is 4. The average Bonchev–Trinajstić information content (AvgIpc) is 2.72. The van der Waals surface area contributed by atoms with Crippen molar-refractivity contribution in [3.8, 4) is 0 Å². The Morgan fingerprint density at radius 3 is 2.20 bits per heavy atom. The number of rotatable bonds is 5. The smallest absolute Gasteiger partial charge is 0.410 e. The number of nitrogens with zero attached hydrogens (tertiary/aromatic N) is 3. The van der Waals surface area contributed by atoms with Gasteiger partial charge in [-0.1, -0.05) is 30.3 Å². The van der Waals surface area contributed by atoms with Gasteiger partial charge in [0.15, 0.2) is 0 Å². The number of amides is 2. The largest absolute Gasteiger partial charge is 0.450 e. The van der Waals surface area contributed by atoms with Gasteiger partial charge in [0.2, 0.25) is 5.91 Å². The lowest BCUT2D eigenvalue weighted by molar-refractivity contribution is -0.133. The maximum absolute atomic E-state index is 12.3. The van der Waals surface area contributed by atoms with Crippen LogP contribution in [-0.2, 0) is 16.1 Å². The van der Waals surface area contributed by atoms with Gasteiger partial charge in [-0.15, -0.1) is 0 Å². The summed E-state index contributed by atoms with van der Waals surface area (Å²) in [4.78, 5) is 31.1. The van der Waals surface area contributed by atoms with Crippen LogP contribution >= 0.6 is 0 Å². The van der Waals surface area contributed by atoms with Gasteiger partial charge in [0.25, 0.3) is 0 Å². The van der Waals surface area contributed by atoms with E-state index in [-0.39, 0.29) is 24.1 Å². The topological polar surface area (TPSA) is 53.1 Å².